The summed E-state index contributed by atoms with van der Waals surface area (Å²) in [5.41, 5.74) is 0. The molecule has 0 aliphatic rings. The molecule has 1 rings (SSSR count). The van der Waals surface area contributed by atoms with E-state index < -0.39 is 0 Å². The number of hydrogen-bond acceptors (Lipinski definition) is 2. The monoisotopic (exact) mass is 307 g/mol. The van der Waals surface area contributed by atoms with Gasteiger partial charge in [-0.1, -0.05) is 22.5 Å². The van der Waals surface area contributed by atoms with Crippen LogP contribution in [0.2, 0.25) is 0 Å². The van der Waals surface area contributed by atoms with Crippen molar-refractivity contribution in [1.29, 1.82) is 0 Å². The van der Waals surface area contributed by atoms with Gasteiger partial charge in [-0.15, -0.1) is 0 Å². The molecule has 0 radical (unpaired) electrons. The van der Waals surface area contributed by atoms with Crippen LogP contribution in [-0.2, 0) is 0 Å². The van der Waals surface area contributed by atoms with E-state index in [-0.39, 0.29) is 11.7 Å². The minimum Gasteiger partial charge on any atom is -0.444 e. The first-order chi connectivity index (χ1) is 6.09. The Balaban J connectivity index is 2.54. The Hall–Kier alpha value is -0.550. The van der Waals surface area contributed by atoms with Crippen molar-refractivity contribution >= 4 is 37.8 Å². The molecule has 0 aliphatic carbocycles. The zero-order valence-electron chi connectivity index (χ0n) is 6.64. The number of carbonyl (C=O) groups excluding carboxylic acids is 1. The van der Waals surface area contributed by atoms with Crippen molar-refractivity contribution in [3.05, 3.63) is 33.6 Å². The second-order valence-electron chi connectivity index (χ2n) is 2.30. The molecule has 0 saturated carbocycles. The summed E-state index contributed by atoms with van der Waals surface area (Å²) in [4.78, 5) is 11.3. The predicted octanol–water partition coefficient (Wildman–Crippen LogP) is 2.68. The van der Waals surface area contributed by atoms with Crippen LogP contribution in [0.15, 0.2) is 32.3 Å². The molecule has 0 bridgehead atoms. The quantitative estimate of drug-likeness (QED) is 0.933. The molecule has 1 aromatic rings. The van der Waals surface area contributed by atoms with E-state index in [2.05, 4.69) is 43.8 Å². The fourth-order valence-corrected chi connectivity index (χ4v) is 1.15. The molecular formula is C8H7Br2NO2. The molecule has 0 aromatic carbocycles. The normalized spacial score (nSPS) is 9.69. The van der Waals surface area contributed by atoms with E-state index in [0.717, 1.165) is 0 Å². The molecule has 0 atom stereocenters. The van der Waals surface area contributed by atoms with E-state index >= 15 is 0 Å². The number of furan rings is 1. The van der Waals surface area contributed by atoms with Crippen LogP contribution in [0, 0.1) is 0 Å². The molecule has 5 heteroatoms. The number of rotatable bonds is 3. The van der Waals surface area contributed by atoms with Gasteiger partial charge in [-0.25, -0.2) is 0 Å². The van der Waals surface area contributed by atoms with E-state index in [1.165, 1.54) is 0 Å². The predicted molar refractivity (Wildman–Crippen MR) is 56.8 cm³/mol. The van der Waals surface area contributed by atoms with Crippen molar-refractivity contribution in [2.45, 2.75) is 0 Å². The SMILES string of the molecule is C=C(Br)CNC(=O)c1ccc(Br)o1. The summed E-state index contributed by atoms with van der Waals surface area (Å²) in [7, 11) is 0. The highest BCUT2D eigenvalue weighted by Crippen LogP contribution is 2.13. The highest BCUT2D eigenvalue weighted by atomic mass is 79.9. The van der Waals surface area contributed by atoms with Gasteiger partial charge in [0, 0.05) is 11.0 Å². The fraction of sp³-hybridized carbons (Fsp3) is 0.125. The zero-order valence-corrected chi connectivity index (χ0v) is 9.81. The van der Waals surface area contributed by atoms with E-state index in [1.54, 1.807) is 12.1 Å². The zero-order chi connectivity index (χ0) is 9.84. The van der Waals surface area contributed by atoms with Crippen molar-refractivity contribution < 1.29 is 9.21 Å². The molecule has 13 heavy (non-hydrogen) atoms. The van der Waals surface area contributed by atoms with E-state index in [0.29, 0.717) is 15.7 Å². The summed E-state index contributed by atoms with van der Waals surface area (Å²) in [6.45, 7) is 3.97. The van der Waals surface area contributed by atoms with Gasteiger partial charge >= 0.3 is 0 Å². The third-order valence-electron chi connectivity index (χ3n) is 1.24. The summed E-state index contributed by atoms with van der Waals surface area (Å²) < 4.78 is 6.29. The van der Waals surface area contributed by atoms with E-state index in [1.807, 2.05) is 0 Å². The number of nitrogens with one attached hydrogen (secondary N) is 1. The van der Waals surface area contributed by atoms with Crippen molar-refractivity contribution in [3.8, 4) is 0 Å². The third-order valence-corrected chi connectivity index (χ3v) is 1.94. The minimum absolute atomic E-state index is 0.258. The first kappa shape index (κ1) is 10.5. The Bertz CT molecular complexity index is 333. The highest BCUT2D eigenvalue weighted by molar-refractivity contribution is 9.11. The van der Waals surface area contributed by atoms with Crippen molar-refractivity contribution in [2.24, 2.45) is 0 Å². The lowest BCUT2D eigenvalue weighted by Gasteiger charge is -1.99. The molecule has 3 nitrogen and oxygen atoms in total. The second kappa shape index (κ2) is 4.62. The van der Waals surface area contributed by atoms with E-state index in [9.17, 15) is 4.79 Å². The molecule has 70 valence electrons. The fourth-order valence-electron chi connectivity index (χ4n) is 0.700. The maximum Gasteiger partial charge on any atom is 0.287 e. The Kier molecular flexibility index (Phi) is 3.74. The van der Waals surface area contributed by atoms with Gasteiger partial charge in [-0.3, -0.25) is 4.79 Å². The average molecular weight is 309 g/mol. The standard InChI is InChI=1S/C8H7Br2NO2/c1-5(9)4-11-8(12)6-2-3-7(10)13-6/h2-3H,1,4H2,(H,11,12). The molecule has 0 fully saturated rings. The molecule has 0 aliphatic heterocycles. The van der Waals surface area contributed by atoms with Gasteiger partial charge in [0.15, 0.2) is 10.4 Å². The number of hydrogen-bond donors (Lipinski definition) is 1. The van der Waals surface area contributed by atoms with Gasteiger partial charge < -0.3 is 9.73 Å². The second-order valence-corrected chi connectivity index (χ2v) is 4.21. The maximum atomic E-state index is 11.3. The average Bonchev–Trinajstić information content (AvgIpc) is 2.47. The van der Waals surface area contributed by atoms with Gasteiger partial charge in [-0.2, -0.15) is 0 Å². The summed E-state index contributed by atoms with van der Waals surface area (Å²) in [5.74, 6) is 0.0203. The number of halogens is 2. The molecule has 0 saturated heterocycles. The molecule has 1 aromatic heterocycles. The molecule has 0 spiro atoms. The van der Waals surface area contributed by atoms with Gasteiger partial charge in [-0.05, 0) is 28.1 Å². The van der Waals surface area contributed by atoms with Gasteiger partial charge in [0.05, 0.1) is 0 Å². The number of carbonyl (C=O) groups is 1. The van der Waals surface area contributed by atoms with Gasteiger partial charge in [0.2, 0.25) is 0 Å². The topological polar surface area (TPSA) is 42.2 Å². The van der Waals surface area contributed by atoms with Crippen LogP contribution in [0.1, 0.15) is 10.6 Å². The Morgan fingerprint density at radius 3 is 2.77 bits per heavy atom. The van der Waals surface area contributed by atoms with Crippen LogP contribution < -0.4 is 5.32 Å². The van der Waals surface area contributed by atoms with Gasteiger partial charge in [0.1, 0.15) is 0 Å². The lowest BCUT2D eigenvalue weighted by Crippen LogP contribution is -2.23. The van der Waals surface area contributed by atoms with Crippen LogP contribution in [0.3, 0.4) is 0 Å². The van der Waals surface area contributed by atoms with Crippen LogP contribution in [0.4, 0.5) is 0 Å². The molecule has 1 amide bonds. The van der Waals surface area contributed by atoms with Crippen molar-refractivity contribution in [3.63, 3.8) is 0 Å². The molecule has 1 heterocycles. The maximum absolute atomic E-state index is 11.3. The Morgan fingerprint density at radius 1 is 1.62 bits per heavy atom. The summed E-state index contributed by atoms with van der Waals surface area (Å²) in [6.07, 6.45) is 0. The lowest BCUT2D eigenvalue weighted by atomic mass is 10.4. The first-order valence-electron chi connectivity index (χ1n) is 3.46. The van der Waals surface area contributed by atoms with Crippen LogP contribution in [0.5, 0.6) is 0 Å². The Labute approximate surface area is 92.4 Å². The lowest BCUT2D eigenvalue weighted by molar-refractivity contribution is 0.0929. The van der Waals surface area contributed by atoms with Crippen LogP contribution in [0.25, 0.3) is 0 Å². The number of amides is 1. The molecular weight excluding hydrogens is 302 g/mol. The largest absolute Gasteiger partial charge is 0.444 e. The van der Waals surface area contributed by atoms with Crippen molar-refractivity contribution in [2.75, 3.05) is 6.54 Å². The summed E-state index contributed by atoms with van der Waals surface area (Å²) in [5, 5.41) is 2.61. The highest BCUT2D eigenvalue weighted by Gasteiger charge is 2.08. The van der Waals surface area contributed by atoms with Gasteiger partial charge in [0.25, 0.3) is 5.91 Å². The van der Waals surface area contributed by atoms with Crippen LogP contribution in [-0.4, -0.2) is 12.5 Å². The summed E-state index contributed by atoms with van der Waals surface area (Å²) >= 11 is 6.24. The summed E-state index contributed by atoms with van der Waals surface area (Å²) in [6, 6.07) is 3.26. The van der Waals surface area contributed by atoms with E-state index in [4.69, 9.17) is 4.42 Å². The minimum atomic E-state index is -0.258. The third kappa shape index (κ3) is 3.36. The smallest absolute Gasteiger partial charge is 0.287 e. The molecule has 0 unspecified atom stereocenters. The first-order valence-corrected chi connectivity index (χ1v) is 5.05. The Morgan fingerprint density at radius 2 is 2.31 bits per heavy atom. The molecule has 1 N–H and O–H groups in total. The van der Waals surface area contributed by atoms with Crippen molar-refractivity contribution in [1.82, 2.24) is 5.32 Å². The van der Waals surface area contributed by atoms with Crippen LogP contribution >= 0.6 is 31.9 Å².